The molecule has 1 aliphatic carbocycles. The Balaban J connectivity index is 0.000000153. The quantitative estimate of drug-likeness (QED) is 0.157. The second-order valence-corrected chi connectivity index (χ2v) is 14.6. The summed E-state index contributed by atoms with van der Waals surface area (Å²) in [5.41, 5.74) is 16.4. The first-order chi connectivity index (χ1) is 26.7. The summed E-state index contributed by atoms with van der Waals surface area (Å²) in [5.74, 6) is 0.544. The van der Waals surface area contributed by atoms with E-state index in [1.165, 1.54) is 88.3 Å². The monoisotopic (exact) mass is 711 g/mol. The molecule has 55 heavy (non-hydrogen) atoms. The van der Waals surface area contributed by atoms with Crippen molar-refractivity contribution in [3.8, 4) is 16.8 Å². The minimum atomic E-state index is 0.544. The summed E-state index contributed by atoms with van der Waals surface area (Å²) in [4.78, 5) is 0. The summed E-state index contributed by atoms with van der Waals surface area (Å²) >= 11 is 0. The Hall–Kier alpha value is -6.44. The van der Waals surface area contributed by atoms with Gasteiger partial charge in [-0.1, -0.05) is 182 Å². The molecule has 1 heteroatoms. The van der Waals surface area contributed by atoms with Crippen molar-refractivity contribution in [3.63, 3.8) is 0 Å². The minimum Gasteiger partial charge on any atom is -0.309 e. The lowest BCUT2D eigenvalue weighted by Crippen LogP contribution is -1.93. The van der Waals surface area contributed by atoms with Crippen molar-refractivity contribution in [2.75, 3.05) is 0 Å². The van der Waals surface area contributed by atoms with Crippen molar-refractivity contribution < 1.29 is 0 Å². The van der Waals surface area contributed by atoms with Gasteiger partial charge in [-0.25, -0.2) is 0 Å². The van der Waals surface area contributed by atoms with Crippen LogP contribution in [0.3, 0.4) is 0 Å². The Labute approximate surface area is 326 Å². The zero-order chi connectivity index (χ0) is 38.5. The van der Waals surface area contributed by atoms with Gasteiger partial charge in [0.25, 0.3) is 0 Å². The first-order valence-electron chi connectivity index (χ1n) is 19.2. The topological polar surface area (TPSA) is 4.93 Å². The van der Waals surface area contributed by atoms with E-state index < -0.39 is 0 Å². The molecule has 1 heterocycles. The zero-order valence-electron chi connectivity index (χ0n) is 32.7. The van der Waals surface area contributed by atoms with Crippen LogP contribution in [0.1, 0.15) is 53.1 Å². The minimum absolute atomic E-state index is 0.544. The number of para-hydroxylation sites is 1. The van der Waals surface area contributed by atoms with Crippen LogP contribution in [0.4, 0.5) is 0 Å². The maximum atomic E-state index is 3.96. The van der Waals surface area contributed by atoms with Crippen LogP contribution < -0.4 is 0 Å². The maximum absolute atomic E-state index is 3.96. The van der Waals surface area contributed by atoms with Gasteiger partial charge < -0.3 is 4.57 Å². The third kappa shape index (κ3) is 7.93. The predicted octanol–water partition coefficient (Wildman–Crippen LogP) is 15.2. The van der Waals surface area contributed by atoms with E-state index in [0.29, 0.717) is 5.92 Å². The van der Waals surface area contributed by atoms with Crippen molar-refractivity contribution in [2.24, 2.45) is 0 Å². The Morgan fingerprint density at radius 1 is 0.600 bits per heavy atom. The first-order valence-corrected chi connectivity index (χ1v) is 19.2. The SMILES string of the molecule is C=C(/C=C\C)c1ccc(C)cc1.C=CC1=CC(C)c2cc(C)ccc21.Cc1ccc(-c2ccc3c(c2)c2ccccc2n3-c2ccc3ccccc3c2)cc1. The van der Waals surface area contributed by atoms with Gasteiger partial charge in [-0.15, -0.1) is 0 Å². The van der Waals surface area contributed by atoms with Crippen molar-refractivity contribution in [3.05, 3.63) is 223 Å². The van der Waals surface area contributed by atoms with Crippen molar-refractivity contribution in [1.82, 2.24) is 4.57 Å². The smallest absolute Gasteiger partial charge is 0.0541 e. The van der Waals surface area contributed by atoms with Crippen LogP contribution in [0.25, 0.3) is 60.5 Å². The van der Waals surface area contributed by atoms with E-state index in [-0.39, 0.29) is 0 Å². The average Bonchev–Trinajstić information content (AvgIpc) is 3.72. The second-order valence-electron chi connectivity index (χ2n) is 14.6. The molecule has 1 atom stereocenters. The molecule has 270 valence electrons. The van der Waals surface area contributed by atoms with E-state index in [2.05, 4.69) is 203 Å². The van der Waals surface area contributed by atoms with Gasteiger partial charge in [0, 0.05) is 22.4 Å². The normalized spacial score (nSPS) is 13.2. The molecule has 1 aliphatic rings. The van der Waals surface area contributed by atoms with Gasteiger partial charge in [0.15, 0.2) is 0 Å². The molecule has 0 radical (unpaired) electrons. The molecular weight excluding hydrogens is 663 g/mol. The summed E-state index contributed by atoms with van der Waals surface area (Å²) in [6, 6.07) is 54.6. The van der Waals surface area contributed by atoms with Gasteiger partial charge in [0.2, 0.25) is 0 Å². The Kier molecular flexibility index (Phi) is 10.9. The lowest BCUT2D eigenvalue weighted by atomic mass is 9.99. The van der Waals surface area contributed by atoms with Gasteiger partial charge in [0.05, 0.1) is 11.0 Å². The highest BCUT2D eigenvalue weighted by atomic mass is 15.0. The maximum Gasteiger partial charge on any atom is 0.0541 e. The fourth-order valence-corrected chi connectivity index (χ4v) is 7.51. The average molecular weight is 712 g/mol. The molecule has 0 fully saturated rings. The van der Waals surface area contributed by atoms with E-state index in [1.54, 1.807) is 0 Å². The van der Waals surface area contributed by atoms with Gasteiger partial charge in [-0.05, 0) is 108 Å². The largest absolute Gasteiger partial charge is 0.309 e. The fourth-order valence-electron chi connectivity index (χ4n) is 7.51. The molecular formula is C54H49N. The molecule has 1 nitrogen and oxygen atoms in total. The highest BCUT2D eigenvalue weighted by Crippen LogP contribution is 2.37. The number of allylic oxidation sites excluding steroid dienone is 6. The standard InChI is InChI=1S/C29H21N.C13H14.C12H14/c1-20-10-12-22(13-11-20)24-15-17-29-27(19-24)26-8-4-5-9-28(26)30(29)25-16-14-21-6-2-3-7-23(21)18-25;1-4-11-8-10(3)13-7-9(2)5-6-12(11)13;1-4-5-11(3)12-8-6-10(2)7-9-12/h2-19H,1H3;4-8,10H,1H2,2-3H3;4-9H,3H2,1-2H3/b;;5-4-. The number of benzene rings is 7. The molecule has 1 unspecified atom stereocenters. The number of fused-ring (bicyclic) bond motifs is 5. The van der Waals surface area contributed by atoms with Gasteiger partial charge in [0.1, 0.15) is 0 Å². The predicted molar refractivity (Wildman–Crippen MR) is 241 cm³/mol. The number of hydrogen-bond acceptors (Lipinski definition) is 0. The van der Waals surface area contributed by atoms with Crippen molar-refractivity contribution in [2.45, 2.75) is 40.5 Å². The molecule has 8 aromatic rings. The van der Waals surface area contributed by atoms with Crippen LogP contribution >= 0.6 is 0 Å². The molecule has 0 bridgehead atoms. The second kappa shape index (κ2) is 16.3. The van der Waals surface area contributed by atoms with E-state index in [4.69, 9.17) is 0 Å². The summed E-state index contributed by atoms with van der Waals surface area (Å²) in [6.45, 7) is 18.4. The van der Waals surface area contributed by atoms with Crippen LogP contribution in [0.2, 0.25) is 0 Å². The fraction of sp³-hybridized carbons (Fsp3) is 0.111. The Bertz CT molecular complexity index is 2710. The zero-order valence-corrected chi connectivity index (χ0v) is 32.7. The Morgan fingerprint density at radius 2 is 1.24 bits per heavy atom. The molecule has 0 spiro atoms. The molecule has 0 N–H and O–H groups in total. The highest BCUT2D eigenvalue weighted by Gasteiger charge is 2.18. The number of nitrogens with zero attached hydrogens (tertiary/aromatic N) is 1. The molecule has 0 saturated heterocycles. The Morgan fingerprint density at radius 3 is 1.96 bits per heavy atom. The first kappa shape index (κ1) is 36.9. The van der Waals surface area contributed by atoms with Crippen LogP contribution in [-0.2, 0) is 0 Å². The van der Waals surface area contributed by atoms with Crippen molar-refractivity contribution in [1.29, 1.82) is 0 Å². The van der Waals surface area contributed by atoms with Gasteiger partial charge in [-0.2, -0.15) is 0 Å². The highest BCUT2D eigenvalue weighted by molar-refractivity contribution is 6.10. The van der Waals surface area contributed by atoms with Crippen molar-refractivity contribution >= 4 is 43.7 Å². The molecule has 0 aliphatic heterocycles. The summed E-state index contributed by atoms with van der Waals surface area (Å²) < 4.78 is 2.38. The number of hydrogen-bond donors (Lipinski definition) is 0. The molecule has 7 aromatic carbocycles. The number of aryl methyl sites for hydroxylation is 3. The third-order valence-corrected chi connectivity index (χ3v) is 10.5. The van der Waals surface area contributed by atoms with E-state index >= 15 is 0 Å². The number of aromatic nitrogens is 1. The van der Waals surface area contributed by atoms with Crippen LogP contribution in [0.5, 0.6) is 0 Å². The summed E-state index contributed by atoms with van der Waals surface area (Å²) in [6.07, 6.45) is 8.24. The van der Waals surface area contributed by atoms with Gasteiger partial charge >= 0.3 is 0 Å². The molecule has 1 aromatic heterocycles. The number of rotatable bonds is 5. The third-order valence-electron chi connectivity index (χ3n) is 10.5. The summed E-state index contributed by atoms with van der Waals surface area (Å²) in [7, 11) is 0. The van der Waals surface area contributed by atoms with E-state index in [1.807, 2.05) is 25.2 Å². The van der Waals surface area contributed by atoms with Crippen LogP contribution in [0, 0.1) is 20.8 Å². The summed E-state index contributed by atoms with van der Waals surface area (Å²) in [5, 5.41) is 5.10. The van der Waals surface area contributed by atoms with Crippen LogP contribution in [-0.4, -0.2) is 4.57 Å². The molecule has 0 saturated carbocycles. The lowest BCUT2D eigenvalue weighted by Gasteiger charge is -2.10. The van der Waals surface area contributed by atoms with Crippen LogP contribution in [0.15, 0.2) is 189 Å². The molecule has 0 amide bonds. The molecule has 9 rings (SSSR count). The van der Waals surface area contributed by atoms with E-state index in [0.717, 1.165) is 5.57 Å². The van der Waals surface area contributed by atoms with E-state index in [9.17, 15) is 0 Å². The lowest BCUT2D eigenvalue weighted by molar-refractivity contribution is 0.987. The van der Waals surface area contributed by atoms with Gasteiger partial charge in [-0.3, -0.25) is 0 Å².